The molecule has 0 aliphatic carbocycles. The van der Waals surface area contributed by atoms with Gasteiger partial charge in [0, 0.05) is 37.2 Å². The van der Waals surface area contributed by atoms with Crippen LogP contribution in [0.3, 0.4) is 0 Å². The largest absolute Gasteiger partial charge is 0.497 e. The highest BCUT2D eigenvalue weighted by Crippen LogP contribution is 2.34. The van der Waals surface area contributed by atoms with Gasteiger partial charge in [0.15, 0.2) is 0 Å². The molecule has 0 saturated carbocycles. The van der Waals surface area contributed by atoms with Gasteiger partial charge in [-0.3, -0.25) is 4.79 Å². The van der Waals surface area contributed by atoms with E-state index in [0.717, 1.165) is 6.07 Å². The molecule has 0 unspecified atom stereocenters. The maximum Gasteiger partial charge on any atom is 0.243 e. The number of sulfonamides is 1. The molecular formula is C21H22F2N2O4S. The van der Waals surface area contributed by atoms with E-state index in [0.29, 0.717) is 37.1 Å². The van der Waals surface area contributed by atoms with Crippen molar-refractivity contribution in [2.45, 2.75) is 24.2 Å². The first-order valence-corrected chi connectivity index (χ1v) is 11.2. The Balaban J connectivity index is 1.44. The van der Waals surface area contributed by atoms with E-state index in [1.165, 1.54) is 34.5 Å². The number of hydrogen-bond donors (Lipinski definition) is 0. The number of hydrogen-bond acceptors (Lipinski definition) is 4. The molecule has 0 atom stereocenters. The smallest absolute Gasteiger partial charge is 0.243 e. The second-order valence-electron chi connectivity index (χ2n) is 7.48. The number of amides is 1. The molecule has 0 N–H and O–H groups in total. The molecule has 30 heavy (non-hydrogen) atoms. The molecule has 2 aromatic rings. The average Bonchev–Trinajstić information content (AvgIpc) is 3.17. The Kier molecular flexibility index (Phi) is 5.50. The SMILES string of the molecule is COc1ccc(S(=O)(=O)N2CCC(C(=O)N3CCc4c(F)cc(F)cc43)CC2)cc1. The number of piperidine rings is 1. The van der Waals surface area contributed by atoms with Crippen molar-refractivity contribution in [3.8, 4) is 5.75 Å². The maximum absolute atomic E-state index is 14.0. The number of carbonyl (C=O) groups is 1. The van der Waals surface area contributed by atoms with E-state index in [-0.39, 0.29) is 35.5 Å². The highest BCUT2D eigenvalue weighted by Gasteiger charge is 2.36. The fraction of sp³-hybridized carbons (Fsp3) is 0.381. The summed E-state index contributed by atoms with van der Waals surface area (Å²) in [7, 11) is -2.15. The van der Waals surface area contributed by atoms with Gasteiger partial charge in [0.25, 0.3) is 0 Å². The minimum Gasteiger partial charge on any atom is -0.497 e. The number of carbonyl (C=O) groups excluding carboxylic acids is 1. The molecule has 2 heterocycles. The van der Waals surface area contributed by atoms with E-state index in [1.807, 2.05) is 0 Å². The van der Waals surface area contributed by atoms with Crippen molar-refractivity contribution in [2.75, 3.05) is 31.6 Å². The summed E-state index contributed by atoms with van der Waals surface area (Å²) in [6.07, 6.45) is 1.06. The molecule has 2 aliphatic heterocycles. The van der Waals surface area contributed by atoms with Gasteiger partial charge in [-0.05, 0) is 49.6 Å². The normalized spacial score (nSPS) is 17.8. The number of benzene rings is 2. The molecular weight excluding hydrogens is 414 g/mol. The molecule has 160 valence electrons. The fourth-order valence-corrected chi connectivity index (χ4v) is 5.58. The highest BCUT2D eigenvalue weighted by atomic mass is 32.2. The van der Waals surface area contributed by atoms with Gasteiger partial charge in [0.2, 0.25) is 15.9 Å². The predicted octanol–water partition coefficient (Wildman–Crippen LogP) is 2.96. The zero-order chi connectivity index (χ0) is 21.5. The summed E-state index contributed by atoms with van der Waals surface area (Å²) in [5.74, 6) is -1.38. The van der Waals surface area contributed by atoms with Crippen LogP contribution in [-0.2, 0) is 21.2 Å². The lowest BCUT2D eigenvalue weighted by Gasteiger charge is -2.32. The van der Waals surface area contributed by atoms with Crippen LogP contribution in [0.25, 0.3) is 0 Å². The maximum atomic E-state index is 14.0. The Morgan fingerprint density at radius 2 is 1.73 bits per heavy atom. The van der Waals surface area contributed by atoms with E-state index < -0.39 is 21.7 Å². The molecule has 0 aromatic heterocycles. The van der Waals surface area contributed by atoms with Crippen LogP contribution in [0.4, 0.5) is 14.5 Å². The lowest BCUT2D eigenvalue weighted by atomic mass is 9.96. The molecule has 0 radical (unpaired) electrons. The van der Waals surface area contributed by atoms with Crippen molar-refractivity contribution in [1.29, 1.82) is 0 Å². The van der Waals surface area contributed by atoms with E-state index in [1.54, 1.807) is 12.1 Å². The number of methoxy groups -OCH3 is 1. The summed E-state index contributed by atoms with van der Waals surface area (Å²) in [6, 6.07) is 8.19. The van der Waals surface area contributed by atoms with Crippen molar-refractivity contribution >= 4 is 21.6 Å². The van der Waals surface area contributed by atoms with Crippen LogP contribution in [0.1, 0.15) is 18.4 Å². The summed E-state index contributed by atoms with van der Waals surface area (Å²) in [6.45, 7) is 0.727. The zero-order valence-electron chi connectivity index (χ0n) is 16.5. The van der Waals surface area contributed by atoms with Gasteiger partial charge in [-0.1, -0.05) is 0 Å². The second-order valence-corrected chi connectivity index (χ2v) is 9.42. The van der Waals surface area contributed by atoms with Gasteiger partial charge >= 0.3 is 0 Å². The van der Waals surface area contributed by atoms with Crippen LogP contribution in [-0.4, -0.2) is 45.4 Å². The highest BCUT2D eigenvalue weighted by molar-refractivity contribution is 7.89. The quantitative estimate of drug-likeness (QED) is 0.739. The van der Waals surface area contributed by atoms with E-state index >= 15 is 0 Å². The van der Waals surface area contributed by atoms with Crippen LogP contribution in [0.5, 0.6) is 5.75 Å². The molecule has 2 aliphatic rings. The molecule has 6 nitrogen and oxygen atoms in total. The van der Waals surface area contributed by atoms with Gasteiger partial charge in [0.1, 0.15) is 17.4 Å². The summed E-state index contributed by atoms with van der Waals surface area (Å²) in [5.41, 5.74) is 0.634. The van der Waals surface area contributed by atoms with Crippen LogP contribution >= 0.6 is 0 Å². The van der Waals surface area contributed by atoms with Crippen LogP contribution in [0.2, 0.25) is 0 Å². The Bertz CT molecular complexity index is 1070. The standard InChI is InChI=1S/C21H22F2N2O4S/c1-29-16-2-4-17(5-3-16)30(27,28)24-9-6-14(7-10-24)21(26)25-11-8-18-19(23)12-15(22)13-20(18)25/h2-5,12-14H,6-11H2,1H3. The van der Waals surface area contributed by atoms with Crippen LogP contribution < -0.4 is 9.64 Å². The third-order valence-electron chi connectivity index (χ3n) is 5.78. The van der Waals surface area contributed by atoms with Crippen molar-refractivity contribution < 1.29 is 26.7 Å². The first-order chi connectivity index (χ1) is 14.3. The van der Waals surface area contributed by atoms with E-state index in [9.17, 15) is 22.0 Å². The summed E-state index contributed by atoms with van der Waals surface area (Å²) in [5, 5.41) is 0. The van der Waals surface area contributed by atoms with Crippen molar-refractivity contribution in [1.82, 2.24) is 4.31 Å². The van der Waals surface area contributed by atoms with E-state index in [2.05, 4.69) is 0 Å². The lowest BCUT2D eigenvalue weighted by molar-refractivity contribution is -0.123. The van der Waals surface area contributed by atoms with Gasteiger partial charge in [-0.2, -0.15) is 4.31 Å². The van der Waals surface area contributed by atoms with Gasteiger partial charge in [0.05, 0.1) is 17.7 Å². The third-order valence-corrected chi connectivity index (χ3v) is 7.69. The number of rotatable bonds is 4. The second kappa shape index (κ2) is 7.96. The third kappa shape index (κ3) is 3.67. The Morgan fingerprint density at radius 1 is 1.07 bits per heavy atom. The Morgan fingerprint density at radius 3 is 2.37 bits per heavy atom. The number of fused-ring (bicyclic) bond motifs is 1. The molecule has 2 aromatic carbocycles. The number of anilines is 1. The van der Waals surface area contributed by atoms with Gasteiger partial charge < -0.3 is 9.64 Å². The number of nitrogens with zero attached hydrogens (tertiary/aromatic N) is 2. The number of ether oxygens (including phenoxy) is 1. The first-order valence-electron chi connectivity index (χ1n) is 9.75. The fourth-order valence-electron chi connectivity index (χ4n) is 4.11. The molecule has 1 amide bonds. The minimum atomic E-state index is -3.66. The van der Waals surface area contributed by atoms with Crippen molar-refractivity contribution in [3.63, 3.8) is 0 Å². The van der Waals surface area contributed by atoms with Crippen LogP contribution in [0, 0.1) is 17.6 Å². The first kappa shape index (κ1) is 20.7. The lowest BCUT2D eigenvalue weighted by Crippen LogP contribution is -2.44. The van der Waals surface area contributed by atoms with Gasteiger partial charge in [-0.15, -0.1) is 0 Å². The summed E-state index contributed by atoms with van der Waals surface area (Å²) >= 11 is 0. The monoisotopic (exact) mass is 436 g/mol. The topological polar surface area (TPSA) is 66.9 Å². The molecule has 1 saturated heterocycles. The average molecular weight is 436 g/mol. The Hall–Kier alpha value is -2.52. The van der Waals surface area contributed by atoms with E-state index in [4.69, 9.17) is 4.74 Å². The minimum absolute atomic E-state index is 0.174. The zero-order valence-corrected chi connectivity index (χ0v) is 17.3. The van der Waals surface area contributed by atoms with Crippen LogP contribution in [0.15, 0.2) is 41.3 Å². The number of halogens is 2. The van der Waals surface area contributed by atoms with Crippen molar-refractivity contribution in [3.05, 3.63) is 53.6 Å². The molecule has 0 bridgehead atoms. The molecule has 4 rings (SSSR count). The van der Waals surface area contributed by atoms with Crippen molar-refractivity contribution in [2.24, 2.45) is 5.92 Å². The molecule has 0 spiro atoms. The Labute approximate surface area is 174 Å². The summed E-state index contributed by atoms with van der Waals surface area (Å²) < 4.78 is 59.8. The van der Waals surface area contributed by atoms with Gasteiger partial charge in [-0.25, -0.2) is 17.2 Å². The predicted molar refractivity (Wildman–Crippen MR) is 107 cm³/mol. The summed E-state index contributed by atoms with van der Waals surface area (Å²) in [4.78, 5) is 14.6. The molecule has 1 fully saturated rings. The molecule has 9 heteroatoms.